The first-order valence-corrected chi connectivity index (χ1v) is 31.3. The minimum absolute atomic E-state index is 0.00743. The fraction of sp³-hybridized carbons (Fsp3) is 0.891. The summed E-state index contributed by atoms with van der Waals surface area (Å²) in [7, 11) is 0. The molecule has 0 aromatic rings. The number of esters is 2. The summed E-state index contributed by atoms with van der Waals surface area (Å²) in [5.41, 5.74) is 4.50. The van der Waals surface area contributed by atoms with Crippen molar-refractivity contribution in [3.63, 3.8) is 0 Å². The van der Waals surface area contributed by atoms with Crippen molar-refractivity contribution in [1.29, 1.82) is 0 Å². The Labute approximate surface area is 452 Å². The number of carbonyl (C=O) groups excluding carboxylic acids is 3. The topological polar surface area (TPSA) is 141 Å². The molecule has 418 valence electrons. The summed E-state index contributed by atoms with van der Waals surface area (Å²) >= 11 is -3.79. The maximum atomic E-state index is 12.6. The Hall–Kier alpha value is -2.02. The molecule has 0 amide bonds. The monoisotopic (exact) mass is 1070 g/mol. The number of fused-ring (bicyclic) bond motifs is 14. The van der Waals surface area contributed by atoms with Crippen LogP contribution < -0.4 is 0 Å². The molecule has 0 aromatic carbocycles. The molecule has 0 radical (unpaired) electrons. The SMILES string of the molecule is C=C(C)[C@@H]1CC[C@]2(C=O)CC[C@]3(C)[C@H](CC[C@@H]4[C@@]5(C)CC[C@H](OC(C)=O)C(C)(C)[C@@H]5CC[C@]43C)[C@@H]12.C=C(C)[C@@H]1CC[C@]2(CO)CC[C@]3(C)[C@H](CC[C@@H]4[C@@]5(C)CC[C@H](OC(C)=O)C(C)(C)[C@@H]5CC[C@]43C)[C@@H]12.[O]=[Cr](=[O])=[O]. The molecule has 10 aliphatic carbocycles. The number of carbonyl (C=O) groups is 3. The average Bonchev–Trinajstić information content (AvgIpc) is 3.90. The fourth-order valence-corrected chi connectivity index (χ4v) is 23.7. The van der Waals surface area contributed by atoms with Crippen molar-refractivity contribution in [2.75, 3.05) is 6.61 Å². The van der Waals surface area contributed by atoms with E-state index in [2.05, 4.69) is 96.2 Å². The van der Waals surface area contributed by atoms with Gasteiger partial charge in [-0.1, -0.05) is 93.5 Å². The number of rotatable bonds is 6. The van der Waals surface area contributed by atoms with Crippen LogP contribution in [0.25, 0.3) is 0 Å². The first-order chi connectivity index (χ1) is 34.3. The number of hydrogen-bond acceptors (Lipinski definition) is 9. The zero-order chi connectivity index (χ0) is 54.8. The van der Waals surface area contributed by atoms with E-state index >= 15 is 0 Å². The second-order valence-electron chi connectivity index (χ2n) is 30.4. The van der Waals surface area contributed by atoms with Crippen LogP contribution in [0.4, 0.5) is 0 Å². The molecule has 0 aliphatic heterocycles. The maximum absolute atomic E-state index is 12.6. The van der Waals surface area contributed by atoms with Crippen LogP contribution in [0, 0.1) is 113 Å². The van der Waals surface area contributed by atoms with Crippen LogP contribution in [0.1, 0.15) is 225 Å². The average molecular weight is 1070 g/mol. The number of aldehydes is 1. The first-order valence-electron chi connectivity index (χ1n) is 29.8. The van der Waals surface area contributed by atoms with Crippen molar-refractivity contribution in [2.24, 2.45) is 113 Å². The van der Waals surface area contributed by atoms with Gasteiger partial charge < -0.3 is 19.4 Å². The van der Waals surface area contributed by atoms with Crippen LogP contribution >= 0.6 is 0 Å². The van der Waals surface area contributed by atoms with Crippen LogP contribution in [0.5, 0.6) is 0 Å². The van der Waals surface area contributed by atoms with Crippen molar-refractivity contribution in [3.05, 3.63) is 24.3 Å². The molecule has 9 nitrogen and oxygen atoms in total. The number of allylic oxidation sites excluding steroid dienone is 2. The van der Waals surface area contributed by atoms with E-state index in [9.17, 15) is 19.5 Å². The molecule has 0 heterocycles. The summed E-state index contributed by atoms with van der Waals surface area (Å²) in [5.74, 6) is 5.82. The van der Waals surface area contributed by atoms with Crippen LogP contribution in [-0.2, 0) is 49.2 Å². The van der Waals surface area contributed by atoms with Gasteiger partial charge in [0.25, 0.3) is 0 Å². The first kappa shape index (κ1) is 58.1. The Morgan fingerprint density at radius 1 is 0.500 bits per heavy atom. The second kappa shape index (κ2) is 19.7. The molecule has 0 spiro atoms. The fourth-order valence-electron chi connectivity index (χ4n) is 23.7. The van der Waals surface area contributed by atoms with Crippen molar-refractivity contribution >= 4 is 18.2 Å². The van der Waals surface area contributed by atoms with Gasteiger partial charge in [0.2, 0.25) is 0 Å². The van der Waals surface area contributed by atoms with Crippen LogP contribution in [0.3, 0.4) is 0 Å². The molecule has 74 heavy (non-hydrogen) atoms. The molecule has 10 fully saturated rings. The Kier molecular flexibility index (Phi) is 15.4. The molecule has 1 N–H and O–H groups in total. The van der Waals surface area contributed by atoms with E-state index in [0.29, 0.717) is 81.5 Å². The van der Waals surface area contributed by atoms with E-state index in [0.717, 1.165) is 44.4 Å². The molecule has 0 unspecified atom stereocenters. The van der Waals surface area contributed by atoms with E-state index < -0.39 is 14.0 Å². The molecule has 10 saturated carbocycles. The number of hydrogen-bond donors (Lipinski definition) is 1. The van der Waals surface area contributed by atoms with Gasteiger partial charge in [0.15, 0.2) is 0 Å². The summed E-state index contributed by atoms with van der Waals surface area (Å²) in [5, 5.41) is 10.7. The predicted molar refractivity (Wildman–Crippen MR) is 284 cm³/mol. The second-order valence-corrected chi connectivity index (χ2v) is 31.0. The van der Waals surface area contributed by atoms with E-state index in [1.807, 2.05) is 0 Å². The van der Waals surface area contributed by atoms with E-state index in [4.69, 9.17) is 20.9 Å². The summed E-state index contributed by atoms with van der Waals surface area (Å²) in [6, 6.07) is 0. The van der Waals surface area contributed by atoms with Gasteiger partial charge in [0, 0.05) is 36.7 Å². The molecular weight excluding hydrogens is 965 g/mol. The van der Waals surface area contributed by atoms with Crippen molar-refractivity contribution in [3.8, 4) is 0 Å². The molecule has 0 saturated heterocycles. The van der Waals surface area contributed by atoms with Gasteiger partial charge in [-0.25, -0.2) is 0 Å². The van der Waals surface area contributed by atoms with Crippen molar-refractivity contribution in [2.45, 2.75) is 238 Å². The summed E-state index contributed by atoms with van der Waals surface area (Å²) in [4.78, 5) is 36.4. The van der Waals surface area contributed by atoms with Gasteiger partial charge in [0.1, 0.15) is 18.5 Å². The standard InChI is InChI=1S/C32H52O3.C32H50O3.Cr.3O/c2*1-20(2)22-11-16-32(19-33)18-17-30(7)23(27(22)32)9-10-25-29(6)14-13-26(35-21(3)34)28(4,5)24(29)12-15-31(25,30)8;;;;/h22-27,33H,1,9-19H2,2-8H3;19,22-27H,1,9-18H2,2-8H3;;;;/t2*22-,23+,24-,25+,26-,27+,29-,30+,31+,32+;;;;/m00..../s1. The van der Waals surface area contributed by atoms with E-state index in [-0.39, 0.29) is 56.6 Å². The van der Waals surface area contributed by atoms with Gasteiger partial charge in [-0.3, -0.25) is 9.59 Å². The van der Waals surface area contributed by atoms with Gasteiger partial charge in [-0.05, 0) is 239 Å². The normalized spacial score (nSPS) is 49.9. The van der Waals surface area contributed by atoms with E-state index in [1.54, 1.807) is 13.8 Å². The molecule has 10 rings (SSSR count). The molecule has 0 bridgehead atoms. The summed E-state index contributed by atoms with van der Waals surface area (Å²) in [6.07, 6.45) is 25.3. The number of ether oxygens (including phenoxy) is 2. The minimum atomic E-state index is -3.79. The molecule has 0 aromatic heterocycles. The van der Waals surface area contributed by atoms with Gasteiger partial charge in [-0.15, -0.1) is 0 Å². The molecule has 10 heteroatoms. The predicted octanol–water partition coefficient (Wildman–Crippen LogP) is 15.0. The zero-order valence-corrected chi connectivity index (χ0v) is 50.2. The van der Waals surface area contributed by atoms with Crippen LogP contribution in [0.15, 0.2) is 24.3 Å². The Bertz CT molecular complexity index is 2330. The Morgan fingerprint density at radius 3 is 1.31 bits per heavy atom. The molecule has 20 atom stereocenters. The van der Waals surface area contributed by atoms with Crippen molar-refractivity contribution < 1.29 is 54.3 Å². The van der Waals surface area contributed by atoms with Gasteiger partial charge in [-0.2, -0.15) is 0 Å². The quantitative estimate of drug-likeness (QED) is 0.156. The summed E-state index contributed by atoms with van der Waals surface area (Å²) < 4.78 is 37.4. The molecular formula is C64H102CrO9. The van der Waals surface area contributed by atoms with Gasteiger partial charge >= 0.3 is 37.3 Å². The van der Waals surface area contributed by atoms with Crippen molar-refractivity contribution in [1.82, 2.24) is 0 Å². The third-order valence-electron chi connectivity index (χ3n) is 27.4. The van der Waals surface area contributed by atoms with Gasteiger partial charge in [0.05, 0.1) is 0 Å². The molecule has 10 aliphatic rings. The summed E-state index contributed by atoms with van der Waals surface area (Å²) in [6.45, 7) is 42.1. The third kappa shape index (κ3) is 8.50. The number of aliphatic hydroxyl groups is 1. The zero-order valence-electron chi connectivity index (χ0n) is 48.9. The van der Waals surface area contributed by atoms with Crippen LogP contribution in [0.2, 0.25) is 0 Å². The Morgan fingerprint density at radius 2 is 0.905 bits per heavy atom. The number of aliphatic hydroxyl groups excluding tert-OH is 1. The van der Waals surface area contributed by atoms with E-state index in [1.165, 1.54) is 107 Å². The third-order valence-corrected chi connectivity index (χ3v) is 27.4. The van der Waals surface area contributed by atoms with Crippen LogP contribution in [-0.4, -0.2) is 42.1 Å². The Balaban J connectivity index is 0.000000184.